The summed E-state index contributed by atoms with van der Waals surface area (Å²) in [5.41, 5.74) is 5.80. The maximum Gasteiger partial charge on any atom is 0.163 e. The van der Waals surface area contributed by atoms with Crippen molar-refractivity contribution < 1.29 is 9.53 Å². The molecule has 2 N–H and O–H groups in total. The number of benzene rings is 3. The lowest BCUT2D eigenvalue weighted by molar-refractivity contribution is -0.116. The van der Waals surface area contributed by atoms with Gasteiger partial charge in [0, 0.05) is 28.3 Å². The highest BCUT2D eigenvalue weighted by Gasteiger charge is 2.37. The van der Waals surface area contributed by atoms with E-state index < -0.39 is 0 Å². The third-order valence-electron chi connectivity index (χ3n) is 6.18. The van der Waals surface area contributed by atoms with Crippen LogP contribution in [0.3, 0.4) is 0 Å². The molecule has 0 aromatic heterocycles. The number of Topliss-reactive ketones (excluding diaryl/α,β-unsaturated/α-hetero) is 1. The van der Waals surface area contributed by atoms with Gasteiger partial charge in [0.05, 0.1) is 24.0 Å². The summed E-state index contributed by atoms with van der Waals surface area (Å²) < 4.78 is 5.93. The molecule has 1 aliphatic heterocycles. The first-order valence-electron chi connectivity index (χ1n) is 11.0. The molecule has 5 heteroatoms. The summed E-state index contributed by atoms with van der Waals surface area (Å²) in [6.07, 6.45) is 1.22. The summed E-state index contributed by atoms with van der Waals surface area (Å²) in [6.45, 7) is 2.54. The fourth-order valence-electron chi connectivity index (χ4n) is 4.70. The first-order chi connectivity index (χ1) is 15.6. The molecule has 0 saturated heterocycles. The Bertz CT molecular complexity index is 1190. The molecule has 0 unspecified atom stereocenters. The third-order valence-corrected chi connectivity index (χ3v) is 6.43. The highest BCUT2D eigenvalue weighted by atomic mass is 35.5. The van der Waals surface area contributed by atoms with E-state index in [0.717, 1.165) is 45.9 Å². The Labute approximate surface area is 193 Å². The number of para-hydroxylation sites is 3. The van der Waals surface area contributed by atoms with E-state index in [2.05, 4.69) is 10.6 Å². The van der Waals surface area contributed by atoms with E-state index in [0.29, 0.717) is 18.1 Å². The molecule has 0 radical (unpaired) electrons. The number of fused-ring (bicyclic) bond motifs is 1. The smallest absolute Gasteiger partial charge is 0.163 e. The average Bonchev–Trinajstić information content (AvgIpc) is 2.97. The number of halogens is 1. The fourth-order valence-corrected chi connectivity index (χ4v) is 4.83. The summed E-state index contributed by atoms with van der Waals surface area (Å²) in [5, 5.41) is 7.91. The van der Waals surface area contributed by atoms with Gasteiger partial charge in [0.15, 0.2) is 5.78 Å². The standard InChI is InChI=1S/C27H25ClN2O2/c1-2-32-25-10-6-3-7-20(25)27-26-23(29-21-8-4-5-9-22(21)30-27)15-18(16-24(26)31)17-11-13-19(28)14-12-17/h3-14,18,27,29-30H,2,15-16H2,1H3/t18-,27+/m1/s1. The third kappa shape index (κ3) is 3.87. The topological polar surface area (TPSA) is 50.4 Å². The summed E-state index contributed by atoms with van der Waals surface area (Å²) in [4.78, 5) is 13.6. The van der Waals surface area contributed by atoms with Crippen LogP contribution in [-0.2, 0) is 4.79 Å². The van der Waals surface area contributed by atoms with Crippen LogP contribution in [0.4, 0.5) is 11.4 Å². The van der Waals surface area contributed by atoms with E-state index in [-0.39, 0.29) is 17.7 Å². The first kappa shape index (κ1) is 20.7. The highest BCUT2D eigenvalue weighted by Crippen LogP contribution is 2.45. The number of rotatable bonds is 4. The van der Waals surface area contributed by atoms with Gasteiger partial charge in [0.2, 0.25) is 0 Å². The second-order valence-corrected chi connectivity index (χ2v) is 8.63. The van der Waals surface area contributed by atoms with Crippen molar-refractivity contribution in [2.45, 2.75) is 31.7 Å². The number of nitrogens with one attached hydrogen (secondary N) is 2. The molecular weight excluding hydrogens is 420 g/mol. The number of hydrogen-bond acceptors (Lipinski definition) is 4. The maximum atomic E-state index is 13.6. The largest absolute Gasteiger partial charge is 0.494 e. The average molecular weight is 445 g/mol. The van der Waals surface area contributed by atoms with Gasteiger partial charge >= 0.3 is 0 Å². The Morgan fingerprint density at radius 2 is 1.66 bits per heavy atom. The van der Waals surface area contributed by atoms with E-state index in [1.54, 1.807) is 0 Å². The number of allylic oxidation sites excluding steroid dienone is 1. The molecule has 3 aromatic carbocycles. The normalized spacial score (nSPS) is 19.9. The minimum Gasteiger partial charge on any atom is -0.494 e. The molecule has 3 aromatic rings. The van der Waals surface area contributed by atoms with Crippen LogP contribution in [0.5, 0.6) is 5.75 Å². The van der Waals surface area contributed by atoms with E-state index in [4.69, 9.17) is 16.3 Å². The Balaban J connectivity index is 1.62. The number of hydrogen-bond donors (Lipinski definition) is 2. The van der Waals surface area contributed by atoms with Crippen LogP contribution in [0.25, 0.3) is 0 Å². The lowest BCUT2D eigenvalue weighted by Gasteiger charge is -2.30. The minimum absolute atomic E-state index is 0.110. The van der Waals surface area contributed by atoms with Gasteiger partial charge in [-0.3, -0.25) is 4.79 Å². The molecule has 5 rings (SSSR count). The van der Waals surface area contributed by atoms with Crippen molar-refractivity contribution in [3.63, 3.8) is 0 Å². The van der Waals surface area contributed by atoms with E-state index in [1.165, 1.54) is 0 Å². The quantitative estimate of drug-likeness (QED) is 0.469. The summed E-state index contributed by atoms with van der Waals surface area (Å²) in [5.74, 6) is 1.06. The number of ether oxygens (including phenoxy) is 1. The summed E-state index contributed by atoms with van der Waals surface area (Å²) in [7, 11) is 0. The number of anilines is 2. The molecule has 0 amide bonds. The van der Waals surface area contributed by atoms with Crippen molar-refractivity contribution in [3.8, 4) is 5.75 Å². The van der Waals surface area contributed by atoms with Gasteiger partial charge in [-0.2, -0.15) is 0 Å². The predicted molar refractivity (Wildman–Crippen MR) is 129 cm³/mol. The van der Waals surface area contributed by atoms with Crippen molar-refractivity contribution >= 4 is 28.8 Å². The zero-order valence-corrected chi connectivity index (χ0v) is 18.7. The van der Waals surface area contributed by atoms with Crippen LogP contribution in [-0.4, -0.2) is 12.4 Å². The van der Waals surface area contributed by atoms with Crippen LogP contribution >= 0.6 is 11.6 Å². The first-order valence-corrected chi connectivity index (χ1v) is 11.4. The Morgan fingerprint density at radius 1 is 0.938 bits per heavy atom. The van der Waals surface area contributed by atoms with E-state index >= 15 is 0 Å². The number of carbonyl (C=O) groups is 1. The minimum atomic E-state index is -0.289. The molecule has 1 heterocycles. The van der Waals surface area contributed by atoms with Gasteiger partial charge in [0.25, 0.3) is 0 Å². The van der Waals surface area contributed by atoms with Crippen molar-refractivity contribution in [1.82, 2.24) is 0 Å². The second-order valence-electron chi connectivity index (χ2n) is 8.19. The Kier molecular flexibility index (Phi) is 5.62. The zero-order valence-electron chi connectivity index (χ0n) is 17.9. The molecule has 0 fully saturated rings. The van der Waals surface area contributed by atoms with Crippen molar-refractivity contribution in [1.29, 1.82) is 0 Å². The lowest BCUT2D eigenvalue weighted by atomic mass is 9.78. The molecule has 0 bridgehead atoms. The SMILES string of the molecule is CCOc1ccccc1[C@@H]1Nc2ccccc2NC2=C1C(=O)C[C@H](c1ccc(Cl)cc1)C2. The van der Waals surface area contributed by atoms with Crippen LogP contribution < -0.4 is 15.4 Å². The molecule has 32 heavy (non-hydrogen) atoms. The molecule has 0 saturated carbocycles. The van der Waals surface area contributed by atoms with Gasteiger partial charge in [-0.05, 0) is 55.2 Å². The van der Waals surface area contributed by atoms with E-state index in [9.17, 15) is 4.79 Å². The van der Waals surface area contributed by atoms with Crippen LogP contribution in [0.2, 0.25) is 5.02 Å². The van der Waals surface area contributed by atoms with Crippen LogP contribution in [0, 0.1) is 0 Å². The van der Waals surface area contributed by atoms with Gasteiger partial charge in [-0.25, -0.2) is 0 Å². The Morgan fingerprint density at radius 3 is 2.44 bits per heavy atom. The number of carbonyl (C=O) groups excluding carboxylic acids is 1. The summed E-state index contributed by atoms with van der Waals surface area (Å²) >= 11 is 6.09. The lowest BCUT2D eigenvalue weighted by Crippen LogP contribution is -2.27. The molecule has 0 spiro atoms. The highest BCUT2D eigenvalue weighted by molar-refractivity contribution is 6.30. The van der Waals surface area contributed by atoms with Crippen LogP contribution in [0.15, 0.2) is 84.1 Å². The summed E-state index contributed by atoms with van der Waals surface area (Å²) in [6, 6.07) is 23.6. The maximum absolute atomic E-state index is 13.6. The van der Waals surface area contributed by atoms with Crippen molar-refractivity contribution in [3.05, 3.63) is 100 Å². The Hall–Kier alpha value is -3.24. The van der Waals surface area contributed by atoms with Crippen molar-refractivity contribution in [2.75, 3.05) is 17.2 Å². The molecule has 4 nitrogen and oxygen atoms in total. The molecular formula is C27H25ClN2O2. The van der Waals surface area contributed by atoms with Gasteiger partial charge in [0.1, 0.15) is 5.75 Å². The molecule has 1 aliphatic carbocycles. The second kappa shape index (κ2) is 8.71. The molecule has 2 atom stereocenters. The number of ketones is 1. The fraction of sp³-hybridized carbons (Fsp3) is 0.222. The van der Waals surface area contributed by atoms with E-state index in [1.807, 2.05) is 79.7 Å². The zero-order chi connectivity index (χ0) is 22.1. The van der Waals surface area contributed by atoms with Crippen LogP contribution in [0.1, 0.15) is 42.9 Å². The van der Waals surface area contributed by atoms with Gasteiger partial charge < -0.3 is 15.4 Å². The predicted octanol–water partition coefficient (Wildman–Crippen LogP) is 6.72. The van der Waals surface area contributed by atoms with Crippen molar-refractivity contribution in [2.24, 2.45) is 0 Å². The molecule has 2 aliphatic rings. The monoisotopic (exact) mass is 444 g/mol. The molecule has 162 valence electrons. The van der Waals surface area contributed by atoms with Gasteiger partial charge in [-0.15, -0.1) is 0 Å². The van der Waals surface area contributed by atoms with Gasteiger partial charge in [-0.1, -0.05) is 54.1 Å².